The zero-order valence-electron chi connectivity index (χ0n) is 11.4. The summed E-state index contributed by atoms with van der Waals surface area (Å²) >= 11 is 0. The Labute approximate surface area is 104 Å². The summed E-state index contributed by atoms with van der Waals surface area (Å²) in [7, 11) is 1.73. The SMILES string of the molecule is CCC(C)C(C)n1ccnc1NCCCOC. The normalized spacial score (nSPS) is 14.6. The van der Waals surface area contributed by atoms with Crippen molar-refractivity contribution in [2.45, 2.75) is 39.7 Å². The molecule has 0 aliphatic carbocycles. The Morgan fingerprint density at radius 1 is 1.47 bits per heavy atom. The maximum absolute atomic E-state index is 5.03. The van der Waals surface area contributed by atoms with Gasteiger partial charge in [-0.1, -0.05) is 20.3 Å². The van der Waals surface area contributed by atoms with Crippen molar-refractivity contribution in [1.29, 1.82) is 0 Å². The molecule has 0 spiro atoms. The van der Waals surface area contributed by atoms with Gasteiger partial charge in [0.25, 0.3) is 0 Å². The summed E-state index contributed by atoms with van der Waals surface area (Å²) in [4.78, 5) is 4.36. The lowest BCUT2D eigenvalue weighted by atomic mass is 10.0. The first kappa shape index (κ1) is 14.0. The second-order valence-electron chi connectivity index (χ2n) is 4.56. The minimum atomic E-state index is 0.479. The highest BCUT2D eigenvalue weighted by Gasteiger charge is 2.14. The molecule has 0 radical (unpaired) electrons. The van der Waals surface area contributed by atoms with Crippen LogP contribution in [0.5, 0.6) is 0 Å². The Balaban J connectivity index is 2.53. The van der Waals surface area contributed by atoms with Crippen LogP contribution in [-0.4, -0.2) is 29.8 Å². The summed E-state index contributed by atoms with van der Waals surface area (Å²) < 4.78 is 7.25. The van der Waals surface area contributed by atoms with Gasteiger partial charge in [0, 0.05) is 38.7 Å². The average molecular weight is 239 g/mol. The van der Waals surface area contributed by atoms with Gasteiger partial charge in [-0.05, 0) is 19.3 Å². The Morgan fingerprint density at radius 3 is 2.88 bits per heavy atom. The van der Waals surface area contributed by atoms with Crippen LogP contribution in [0.1, 0.15) is 39.7 Å². The van der Waals surface area contributed by atoms with Crippen LogP contribution < -0.4 is 5.32 Å². The maximum atomic E-state index is 5.03. The number of rotatable bonds is 8. The predicted molar refractivity (Wildman–Crippen MR) is 71.4 cm³/mol. The van der Waals surface area contributed by atoms with Gasteiger partial charge in [0.15, 0.2) is 0 Å². The van der Waals surface area contributed by atoms with Gasteiger partial charge in [0.2, 0.25) is 5.95 Å². The van der Waals surface area contributed by atoms with Gasteiger partial charge in [-0.2, -0.15) is 0 Å². The van der Waals surface area contributed by atoms with E-state index < -0.39 is 0 Å². The zero-order chi connectivity index (χ0) is 12.7. The van der Waals surface area contributed by atoms with Crippen molar-refractivity contribution in [1.82, 2.24) is 9.55 Å². The highest BCUT2D eigenvalue weighted by atomic mass is 16.5. The molecule has 4 heteroatoms. The quantitative estimate of drug-likeness (QED) is 0.709. The van der Waals surface area contributed by atoms with Crippen LogP contribution in [0.15, 0.2) is 12.4 Å². The number of nitrogens with one attached hydrogen (secondary N) is 1. The average Bonchev–Trinajstić information content (AvgIpc) is 2.81. The molecule has 0 aliphatic rings. The van der Waals surface area contributed by atoms with E-state index in [1.807, 2.05) is 6.20 Å². The first-order valence-electron chi connectivity index (χ1n) is 6.46. The number of hydrogen-bond acceptors (Lipinski definition) is 3. The molecule has 0 bridgehead atoms. The number of ether oxygens (including phenoxy) is 1. The zero-order valence-corrected chi connectivity index (χ0v) is 11.4. The number of methoxy groups -OCH3 is 1. The fourth-order valence-corrected chi connectivity index (χ4v) is 1.81. The lowest BCUT2D eigenvalue weighted by Gasteiger charge is -2.22. The summed E-state index contributed by atoms with van der Waals surface area (Å²) in [6, 6.07) is 0.479. The van der Waals surface area contributed by atoms with Gasteiger partial charge >= 0.3 is 0 Å². The molecule has 1 N–H and O–H groups in total. The summed E-state index contributed by atoms with van der Waals surface area (Å²) in [5.74, 6) is 1.62. The second kappa shape index (κ2) is 7.33. The Morgan fingerprint density at radius 2 is 2.24 bits per heavy atom. The van der Waals surface area contributed by atoms with Crippen molar-refractivity contribution in [2.75, 3.05) is 25.6 Å². The summed E-state index contributed by atoms with van der Waals surface area (Å²) in [5, 5.41) is 3.36. The maximum Gasteiger partial charge on any atom is 0.203 e. The van der Waals surface area contributed by atoms with Crippen molar-refractivity contribution < 1.29 is 4.74 Å². The Kier molecular flexibility index (Phi) is 6.05. The predicted octanol–water partition coefficient (Wildman–Crippen LogP) is 2.94. The number of imidazole rings is 1. The van der Waals surface area contributed by atoms with Crippen LogP contribution in [0.2, 0.25) is 0 Å². The van der Waals surface area contributed by atoms with Crippen LogP contribution in [0.3, 0.4) is 0 Å². The fraction of sp³-hybridized carbons (Fsp3) is 0.769. The molecule has 1 heterocycles. The molecule has 0 fully saturated rings. The van der Waals surface area contributed by atoms with Gasteiger partial charge < -0.3 is 14.6 Å². The van der Waals surface area contributed by atoms with Gasteiger partial charge in [0.05, 0.1) is 0 Å². The van der Waals surface area contributed by atoms with E-state index in [1.165, 1.54) is 6.42 Å². The number of anilines is 1. The number of hydrogen-bond donors (Lipinski definition) is 1. The highest BCUT2D eigenvalue weighted by molar-refractivity contribution is 5.26. The lowest BCUT2D eigenvalue weighted by Crippen LogP contribution is -2.17. The number of nitrogens with zero attached hydrogens (tertiary/aromatic N) is 2. The first-order chi connectivity index (χ1) is 8.20. The summed E-state index contributed by atoms with van der Waals surface area (Å²) in [6.45, 7) is 8.44. The van der Waals surface area contributed by atoms with Gasteiger partial charge in [-0.25, -0.2) is 4.98 Å². The van der Waals surface area contributed by atoms with E-state index >= 15 is 0 Å². The fourth-order valence-electron chi connectivity index (χ4n) is 1.81. The monoisotopic (exact) mass is 239 g/mol. The smallest absolute Gasteiger partial charge is 0.203 e. The van der Waals surface area contributed by atoms with E-state index in [2.05, 4.69) is 41.8 Å². The van der Waals surface area contributed by atoms with E-state index in [4.69, 9.17) is 4.74 Å². The molecule has 0 saturated carbocycles. The minimum absolute atomic E-state index is 0.479. The second-order valence-corrected chi connectivity index (χ2v) is 4.56. The minimum Gasteiger partial charge on any atom is -0.385 e. The highest BCUT2D eigenvalue weighted by Crippen LogP contribution is 2.23. The molecule has 1 rings (SSSR count). The van der Waals surface area contributed by atoms with E-state index in [9.17, 15) is 0 Å². The largest absolute Gasteiger partial charge is 0.385 e. The van der Waals surface area contributed by atoms with Crippen molar-refractivity contribution >= 4 is 5.95 Å². The molecule has 0 amide bonds. The molecule has 1 aromatic heterocycles. The topological polar surface area (TPSA) is 39.1 Å². The molecule has 98 valence electrons. The van der Waals surface area contributed by atoms with E-state index in [0.717, 1.165) is 25.5 Å². The Bertz CT molecular complexity index is 311. The van der Waals surface area contributed by atoms with E-state index in [-0.39, 0.29) is 0 Å². The van der Waals surface area contributed by atoms with Crippen molar-refractivity contribution in [3.05, 3.63) is 12.4 Å². The van der Waals surface area contributed by atoms with Gasteiger partial charge in [-0.3, -0.25) is 0 Å². The number of aromatic nitrogens is 2. The third-order valence-electron chi connectivity index (χ3n) is 3.38. The Hall–Kier alpha value is -1.03. The van der Waals surface area contributed by atoms with Crippen LogP contribution in [0.4, 0.5) is 5.95 Å². The lowest BCUT2D eigenvalue weighted by molar-refractivity contribution is 0.197. The molecule has 4 nitrogen and oxygen atoms in total. The standard InChI is InChI=1S/C13H25N3O/c1-5-11(2)12(3)16-9-8-15-13(16)14-7-6-10-17-4/h8-9,11-12H,5-7,10H2,1-4H3,(H,14,15). The molecule has 1 aromatic rings. The molecule has 0 saturated heterocycles. The van der Waals surface area contributed by atoms with Crippen molar-refractivity contribution in [3.8, 4) is 0 Å². The third-order valence-corrected chi connectivity index (χ3v) is 3.38. The van der Waals surface area contributed by atoms with Crippen molar-refractivity contribution in [3.63, 3.8) is 0 Å². The third kappa shape index (κ3) is 4.04. The molecule has 2 unspecified atom stereocenters. The summed E-state index contributed by atoms with van der Waals surface area (Å²) in [5.41, 5.74) is 0. The molecule has 0 aliphatic heterocycles. The van der Waals surface area contributed by atoms with Crippen LogP contribution in [0.25, 0.3) is 0 Å². The van der Waals surface area contributed by atoms with Crippen LogP contribution in [0, 0.1) is 5.92 Å². The van der Waals surface area contributed by atoms with Crippen molar-refractivity contribution in [2.24, 2.45) is 5.92 Å². The van der Waals surface area contributed by atoms with Gasteiger partial charge in [0.1, 0.15) is 0 Å². The molecular weight excluding hydrogens is 214 g/mol. The molecule has 17 heavy (non-hydrogen) atoms. The van der Waals surface area contributed by atoms with Gasteiger partial charge in [-0.15, -0.1) is 0 Å². The molecular formula is C13H25N3O. The van der Waals surface area contributed by atoms with Crippen LogP contribution >= 0.6 is 0 Å². The molecule has 2 atom stereocenters. The van der Waals surface area contributed by atoms with Crippen LogP contribution in [-0.2, 0) is 4.74 Å². The van der Waals surface area contributed by atoms with E-state index in [1.54, 1.807) is 7.11 Å². The molecule has 0 aromatic carbocycles. The van der Waals surface area contributed by atoms with E-state index in [0.29, 0.717) is 12.0 Å². The first-order valence-corrected chi connectivity index (χ1v) is 6.46. The summed E-state index contributed by atoms with van der Waals surface area (Å²) in [6.07, 6.45) is 6.09.